The van der Waals surface area contributed by atoms with Gasteiger partial charge in [-0.25, -0.2) is 13.4 Å². The molecule has 114 valence electrons. The zero-order valence-electron chi connectivity index (χ0n) is 12.0. The summed E-state index contributed by atoms with van der Waals surface area (Å²) in [7, 11) is -1.95. The molecule has 0 spiro atoms. The number of hydrogen-bond acceptors (Lipinski definition) is 5. The lowest BCUT2D eigenvalue weighted by Gasteiger charge is -2.17. The predicted octanol–water partition coefficient (Wildman–Crippen LogP) is 1.81. The Morgan fingerprint density at radius 2 is 1.95 bits per heavy atom. The Morgan fingerprint density at radius 1 is 1.29 bits per heavy atom. The van der Waals surface area contributed by atoms with Gasteiger partial charge in [0.2, 0.25) is 10.0 Å². The predicted molar refractivity (Wildman–Crippen MR) is 82.7 cm³/mol. The molecule has 2 rings (SSSR count). The molecule has 0 saturated carbocycles. The van der Waals surface area contributed by atoms with Gasteiger partial charge in [-0.15, -0.1) is 11.3 Å². The standard InChI is InChI=1S/C14H18N2O3S2/c1-11-14(20-10-15-11)9-16(2)21(18,19)13-5-3-12(4-6-13)7-8-17/h3-6,10,17H,7-9H2,1-2H3. The van der Waals surface area contributed by atoms with Gasteiger partial charge in [-0.05, 0) is 31.0 Å². The number of aromatic nitrogens is 1. The number of aliphatic hydroxyl groups excluding tert-OH is 1. The average molecular weight is 326 g/mol. The molecular weight excluding hydrogens is 308 g/mol. The first-order valence-electron chi connectivity index (χ1n) is 6.50. The van der Waals surface area contributed by atoms with Crippen LogP contribution in [0.5, 0.6) is 0 Å². The van der Waals surface area contributed by atoms with E-state index >= 15 is 0 Å². The molecule has 1 N–H and O–H groups in total. The van der Waals surface area contributed by atoms with E-state index in [0.717, 1.165) is 16.1 Å². The maximum Gasteiger partial charge on any atom is 0.243 e. The topological polar surface area (TPSA) is 70.5 Å². The third kappa shape index (κ3) is 3.68. The lowest BCUT2D eigenvalue weighted by molar-refractivity contribution is 0.299. The fourth-order valence-corrected chi connectivity index (χ4v) is 3.95. The van der Waals surface area contributed by atoms with Crippen LogP contribution in [0.1, 0.15) is 16.1 Å². The van der Waals surface area contributed by atoms with Crippen LogP contribution in [-0.2, 0) is 23.0 Å². The Kier molecular flexibility index (Phi) is 5.10. The normalized spacial score (nSPS) is 12.0. The average Bonchev–Trinajstić information content (AvgIpc) is 2.85. The third-order valence-corrected chi connectivity index (χ3v) is 5.98. The van der Waals surface area contributed by atoms with Gasteiger partial charge in [-0.1, -0.05) is 12.1 Å². The van der Waals surface area contributed by atoms with Crippen LogP contribution in [0.15, 0.2) is 34.7 Å². The number of aryl methyl sites for hydroxylation is 1. The molecule has 2 aromatic rings. The summed E-state index contributed by atoms with van der Waals surface area (Å²) in [6.45, 7) is 2.24. The van der Waals surface area contributed by atoms with Crippen molar-refractivity contribution in [2.24, 2.45) is 0 Å². The Balaban J connectivity index is 2.18. The summed E-state index contributed by atoms with van der Waals surface area (Å²) >= 11 is 1.45. The largest absolute Gasteiger partial charge is 0.396 e. The number of thiazole rings is 1. The SMILES string of the molecule is Cc1ncsc1CN(C)S(=O)(=O)c1ccc(CCO)cc1. The molecule has 5 nitrogen and oxygen atoms in total. The van der Waals surface area contributed by atoms with Crippen LogP contribution < -0.4 is 0 Å². The molecule has 0 aliphatic rings. The molecule has 0 fully saturated rings. The van der Waals surface area contributed by atoms with E-state index in [1.165, 1.54) is 15.6 Å². The quantitative estimate of drug-likeness (QED) is 0.879. The van der Waals surface area contributed by atoms with Crippen LogP contribution in [0.2, 0.25) is 0 Å². The van der Waals surface area contributed by atoms with Crippen LogP contribution >= 0.6 is 11.3 Å². The van der Waals surface area contributed by atoms with E-state index in [0.29, 0.717) is 13.0 Å². The molecule has 0 bridgehead atoms. The van der Waals surface area contributed by atoms with Crippen molar-refractivity contribution in [2.75, 3.05) is 13.7 Å². The van der Waals surface area contributed by atoms with E-state index < -0.39 is 10.0 Å². The van der Waals surface area contributed by atoms with Crippen molar-refractivity contribution in [3.63, 3.8) is 0 Å². The first-order chi connectivity index (χ1) is 9.95. The number of hydrogen-bond donors (Lipinski definition) is 1. The molecule has 0 aliphatic heterocycles. The number of rotatable bonds is 6. The second-order valence-corrected chi connectivity index (χ2v) is 7.72. The molecule has 0 amide bonds. The van der Waals surface area contributed by atoms with E-state index in [9.17, 15) is 8.42 Å². The summed E-state index contributed by atoms with van der Waals surface area (Å²) in [5.41, 5.74) is 3.49. The fourth-order valence-electron chi connectivity index (χ4n) is 1.90. The van der Waals surface area contributed by atoms with Crippen LogP contribution in [0.4, 0.5) is 0 Å². The second kappa shape index (κ2) is 6.65. The van der Waals surface area contributed by atoms with E-state index in [-0.39, 0.29) is 11.5 Å². The molecule has 0 aliphatic carbocycles. The fraction of sp³-hybridized carbons (Fsp3) is 0.357. The Morgan fingerprint density at radius 3 is 2.48 bits per heavy atom. The van der Waals surface area contributed by atoms with Crippen LogP contribution in [0.3, 0.4) is 0 Å². The minimum Gasteiger partial charge on any atom is -0.396 e. The highest BCUT2D eigenvalue weighted by atomic mass is 32.2. The first kappa shape index (κ1) is 16.1. The summed E-state index contributed by atoms with van der Waals surface area (Å²) < 4.78 is 26.3. The van der Waals surface area contributed by atoms with E-state index in [1.54, 1.807) is 36.8 Å². The molecule has 0 saturated heterocycles. The number of sulfonamides is 1. The maximum absolute atomic E-state index is 12.5. The highest BCUT2D eigenvalue weighted by Gasteiger charge is 2.21. The van der Waals surface area contributed by atoms with Crippen molar-refractivity contribution in [2.45, 2.75) is 24.8 Å². The van der Waals surface area contributed by atoms with Crippen molar-refractivity contribution in [1.29, 1.82) is 0 Å². The summed E-state index contributed by atoms with van der Waals surface area (Å²) in [4.78, 5) is 5.33. The second-order valence-electron chi connectivity index (χ2n) is 4.74. The van der Waals surface area contributed by atoms with Crippen molar-refractivity contribution in [3.8, 4) is 0 Å². The van der Waals surface area contributed by atoms with Crippen LogP contribution in [0, 0.1) is 6.92 Å². The molecule has 21 heavy (non-hydrogen) atoms. The zero-order valence-corrected chi connectivity index (χ0v) is 13.6. The Bertz CT molecular complexity index is 693. The Hall–Kier alpha value is -1.28. The van der Waals surface area contributed by atoms with Gasteiger partial charge < -0.3 is 5.11 Å². The van der Waals surface area contributed by atoms with Crippen molar-refractivity contribution >= 4 is 21.4 Å². The van der Waals surface area contributed by atoms with Crippen molar-refractivity contribution in [3.05, 3.63) is 45.9 Å². The molecule has 1 aromatic carbocycles. The molecule has 7 heteroatoms. The third-order valence-electron chi connectivity index (χ3n) is 3.24. The maximum atomic E-state index is 12.5. The van der Waals surface area contributed by atoms with Crippen LogP contribution in [-0.4, -0.2) is 36.5 Å². The minimum absolute atomic E-state index is 0.0522. The van der Waals surface area contributed by atoms with Gasteiger partial charge in [-0.3, -0.25) is 0 Å². The van der Waals surface area contributed by atoms with E-state index in [2.05, 4.69) is 4.98 Å². The van der Waals surface area contributed by atoms with E-state index in [4.69, 9.17) is 5.11 Å². The molecule has 0 radical (unpaired) electrons. The number of nitrogens with zero attached hydrogens (tertiary/aromatic N) is 2. The van der Waals surface area contributed by atoms with Gasteiger partial charge in [0, 0.05) is 25.1 Å². The summed E-state index contributed by atoms with van der Waals surface area (Å²) in [5.74, 6) is 0. The van der Waals surface area contributed by atoms with Gasteiger partial charge in [0.05, 0.1) is 16.1 Å². The highest BCUT2D eigenvalue weighted by molar-refractivity contribution is 7.89. The molecule has 1 heterocycles. The molecular formula is C14H18N2O3S2. The first-order valence-corrected chi connectivity index (χ1v) is 8.82. The van der Waals surface area contributed by atoms with E-state index in [1.807, 2.05) is 6.92 Å². The van der Waals surface area contributed by atoms with Crippen molar-refractivity contribution < 1.29 is 13.5 Å². The number of aliphatic hydroxyl groups is 1. The number of benzene rings is 1. The van der Waals surface area contributed by atoms with Crippen molar-refractivity contribution in [1.82, 2.24) is 9.29 Å². The van der Waals surface area contributed by atoms with Gasteiger partial charge >= 0.3 is 0 Å². The summed E-state index contributed by atoms with van der Waals surface area (Å²) in [6, 6.07) is 6.62. The molecule has 0 unspecified atom stereocenters. The van der Waals surface area contributed by atoms with Gasteiger partial charge in [0.1, 0.15) is 0 Å². The monoisotopic (exact) mass is 326 g/mol. The minimum atomic E-state index is -3.51. The van der Waals surface area contributed by atoms with Gasteiger partial charge in [0.25, 0.3) is 0 Å². The Labute approximate surface area is 128 Å². The van der Waals surface area contributed by atoms with Gasteiger partial charge in [-0.2, -0.15) is 4.31 Å². The van der Waals surface area contributed by atoms with Gasteiger partial charge in [0.15, 0.2) is 0 Å². The zero-order chi connectivity index (χ0) is 15.5. The molecule has 1 aromatic heterocycles. The summed E-state index contributed by atoms with van der Waals surface area (Å²) in [6.07, 6.45) is 0.524. The highest BCUT2D eigenvalue weighted by Crippen LogP contribution is 2.20. The summed E-state index contributed by atoms with van der Waals surface area (Å²) in [5, 5.41) is 8.88. The lowest BCUT2D eigenvalue weighted by Crippen LogP contribution is -2.26. The lowest BCUT2D eigenvalue weighted by atomic mass is 10.2. The molecule has 0 atom stereocenters. The smallest absolute Gasteiger partial charge is 0.243 e. The van der Waals surface area contributed by atoms with Crippen LogP contribution in [0.25, 0.3) is 0 Å².